The van der Waals surface area contributed by atoms with E-state index >= 15 is 0 Å². The SMILES string of the molecule is C[C@@H]1CN(C(=O)CC(=O)N2CCCC3CCCC=C32)C[C@H](C)O1. The van der Waals surface area contributed by atoms with Crippen molar-refractivity contribution in [1.29, 1.82) is 0 Å². The van der Waals surface area contributed by atoms with E-state index in [0.717, 1.165) is 19.4 Å². The number of amides is 2. The van der Waals surface area contributed by atoms with Crippen molar-refractivity contribution in [2.24, 2.45) is 5.92 Å². The molecule has 3 atom stereocenters. The van der Waals surface area contributed by atoms with Gasteiger partial charge in [-0.05, 0) is 51.9 Å². The summed E-state index contributed by atoms with van der Waals surface area (Å²) in [4.78, 5) is 28.9. The first-order chi connectivity index (χ1) is 11.0. The first-order valence-electron chi connectivity index (χ1n) is 8.98. The Morgan fingerprint density at radius 1 is 1.13 bits per heavy atom. The molecule has 0 spiro atoms. The number of likely N-dealkylation sites (tertiary alicyclic amines) is 1. The van der Waals surface area contributed by atoms with Crippen LogP contribution in [0, 0.1) is 5.92 Å². The van der Waals surface area contributed by atoms with Crippen molar-refractivity contribution in [3.8, 4) is 0 Å². The van der Waals surface area contributed by atoms with E-state index in [0.29, 0.717) is 19.0 Å². The third-order valence-electron chi connectivity index (χ3n) is 5.15. The average molecular weight is 320 g/mol. The van der Waals surface area contributed by atoms with Crippen molar-refractivity contribution in [2.45, 2.75) is 64.6 Å². The molecule has 2 amide bonds. The highest BCUT2D eigenvalue weighted by Gasteiger charge is 2.33. The van der Waals surface area contributed by atoms with Gasteiger partial charge < -0.3 is 14.5 Å². The molecule has 3 aliphatic rings. The van der Waals surface area contributed by atoms with Gasteiger partial charge in [0.05, 0.1) is 12.2 Å². The first kappa shape index (κ1) is 16.5. The summed E-state index contributed by atoms with van der Waals surface area (Å²) in [5, 5.41) is 0. The van der Waals surface area contributed by atoms with E-state index in [1.165, 1.54) is 25.0 Å². The maximum Gasteiger partial charge on any atom is 0.236 e. The zero-order valence-corrected chi connectivity index (χ0v) is 14.3. The summed E-state index contributed by atoms with van der Waals surface area (Å²) in [6.45, 7) is 5.88. The van der Waals surface area contributed by atoms with E-state index in [-0.39, 0.29) is 30.4 Å². The Kier molecular flexibility index (Phi) is 5.05. The molecule has 2 fully saturated rings. The summed E-state index contributed by atoms with van der Waals surface area (Å²) in [6.07, 6.45) is 7.98. The molecule has 2 aliphatic heterocycles. The van der Waals surface area contributed by atoms with Gasteiger partial charge in [-0.15, -0.1) is 0 Å². The Bertz CT molecular complexity index is 492. The van der Waals surface area contributed by atoms with E-state index in [2.05, 4.69) is 6.08 Å². The monoisotopic (exact) mass is 320 g/mol. The second kappa shape index (κ2) is 7.04. The number of fused-ring (bicyclic) bond motifs is 1. The predicted molar refractivity (Wildman–Crippen MR) is 87.6 cm³/mol. The van der Waals surface area contributed by atoms with E-state index in [1.54, 1.807) is 4.90 Å². The molecule has 2 heterocycles. The number of allylic oxidation sites excluding steroid dienone is 2. The quantitative estimate of drug-likeness (QED) is 0.734. The van der Waals surface area contributed by atoms with Crippen molar-refractivity contribution < 1.29 is 14.3 Å². The van der Waals surface area contributed by atoms with Crippen molar-refractivity contribution in [3.05, 3.63) is 11.8 Å². The Morgan fingerprint density at radius 3 is 2.57 bits per heavy atom. The fourth-order valence-electron chi connectivity index (χ4n) is 4.16. The van der Waals surface area contributed by atoms with Crippen molar-refractivity contribution in [3.63, 3.8) is 0 Å². The molecule has 3 rings (SSSR count). The van der Waals surface area contributed by atoms with Gasteiger partial charge in [-0.2, -0.15) is 0 Å². The molecule has 0 N–H and O–H groups in total. The van der Waals surface area contributed by atoms with Gasteiger partial charge in [-0.25, -0.2) is 0 Å². The minimum Gasteiger partial charge on any atom is -0.372 e. The van der Waals surface area contributed by atoms with Crippen molar-refractivity contribution in [2.75, 3.05) is 19.6 Å². The zero-order valence-electron chi connectivity index (χ0n) is 14.3. The van der Waals surface area contributed by atoms with Crippen LogP contribution in [0.5, 0.6) is 0 Å². The van der Waals surface area contributed by atoms with Crippen LogP contribution in [0.3, 0.4) is 0 Å². The van der Waals surface area contributed by atoms with Crippen molar-refractivity contribution in [1.82, 2.24) is 9.80 Å². The fourth-order valence-corrected chi connectivity index (χ4v) is 4.16. The van der Waals surface area contributed by atoms with Gasteiger partial charge in [0.1, 0.15) is 6.42 Å². The summed E-state index contributed by atoms with van der Waals surface area (Å²) in [5.41, 5.74) is 1.18. The number of hydrogen-bond donors (Lipinski definition) is 0. The number of piperidine rings is 1. The lowest BCUT2D eigenvalue weighted by Crippen LogP contribution is -2.49. The van der Waals surface area contributed by atoms with Crippen LogP contribution in [0.4, 0.5) is 0 Å². The lowest BCUT2D eigenvalue weighted by atomic mass is 9.85. The van der Waals surface area contributed by atoms with Crippen LogP contribution in [-0.2, 0) is 14.3 Å². The summed E-state index contributed by atoms with van der Waals surface area (Å²) < 4.78 is 5.66. The van der Waals surface area contributed by atoms with Gasteiger partial charge >= 0.3 is 0 Å². The van der Waals surface area contributed by atoms with Gasteiger partial charge in [0.15, 0.2) is 0 Å². The summed E-state index contributed by atoms with van der Waals surface area (Å²) in [7, 11) is 0. The molecule has 0 saturated carbocycles. The molecule has 5 heteroatoms. The largest absolute Gasteiger partial charge is 0.372 e. The minimum absolute atomic E-state index is 0.0104. The lowest BCUT2D eigenvalue weighted by Gasteiger charge is -2.39. The van der Waals surface area contributed by atoms with Gasteiger partial charge in [-0.1, -0.05) is 6.08 Å². The van der Waals surface area contributed by atoms with Gasteiger partial charge in [-0.3, -0.25) is 9.59 Å². The standard InChI is InChI=1S/C18H28N2O3/c1-13-11-19(12-14(2)23-13)17(21)10-18(22)20-9-5-7-15-6-3-4-8-16(15)20/h8,13-15H,3-7,9-12H2,1-2H3/t13-,14+,15?. The highest BCUT2D eigenvalue weighted by molar-refractivity contribution is 5.97. The second-order valence-corrected chi connectivity index (χ2v) is 7.18. The molecule has 0 bridgehead atoms. The van der Waals surface area contributed by atoms with E-state index in [9.17, 15) is 9.59 Å². The lowest BCUT2D eigenvalue weighted by molar-refractivity contribution is -0.148. The molecule has 2 saturated heterocycles. The number of carbonyl (C=O) groups excluding carboxylic acids is 2. The maximum atomic E-state index is 12.7. The minimum atomic E-state index is -0.0597. The van der Waals surface area contributed by atoms with E-state index < -0.39 is 0 Å². The summed E-state index contributed by atoms with van der Waals surface area (Å²) in [6, 6.07) is 0. The number of morpholine rings is 1. The Labute approximate surface area is 138 Å². The van der Waals surface area contributed by atoms with E-state index in [4.69, 9.17) is 4.74 Å². The third kappa shape index (κ3) is 3.77. The zero-order chi connectivity index (χ0) is 16.4. The van der Waals surface area contributed by atoms with Crippen LogP contribution >= 0.6 is 0 Å². The number of rotatable bonds is 2. The summed E-state index contributed by atoms with van der Waals surface area (Å²) >= 11 is 0. The molecule has 1 unspecified atom stereocenters. The van der Waals surface area contributed by atoms with Crippen LogP contribution in [0.2, 0.25) is 0 Å². The third-order valence-corrected chi connectivity index (χ3v) is 5.15. The van der Waals surface area contributed by atoms with Gasteiger partial charge in [0.25, 0.3) is 0 Å². The number of ether oxygens (including phenoxy) is 1. The van der Waals surface area contributed by atoms with Gasteiger partial charge in [0, 0.05) is 25.3 Å². The molecule has 5 nitrogen and oxygen atoms in total. The first-order valence-corrected chi connectivity index (χ1v) is 8.98. The highest BCUT2D eigenvalue weighted by atomic mass is 16.5. The molecule has 23 heavy (non-hydrogen) atoms. The number of hydrogen-bond acceptors (Lipinski definition) is 3. The molecule has 128 valence electrons. The topological polar surface area (TPSA) is 49.9 Å². The average Bonchev–Trinajstić information content (AvgIpc) is 2.53. The molecular formula is C18H28N2O3. The number of carbonyl (C=O) groups is 2. The molecule has 0 aromatic rings. The van der Waals surface area contributed by atoms with Gasteiger partial charge in [0.2, 0.25) is 11.8 Å². The van der Waals surface area contributed by atoms with Crippen LogP contribution in [-0.4, -0.2) is 53.5 Å². The second-order valence-electron chi connectivity index (χ2n) is 7.18. The molecule has 0 radical (unpaired) electrons. The van der Waals surface area contributed by atoms with Crippen LogP contribution < -0.4 is 0 Å². The Hall–Kier alpha value is -1.36. The van der Waals surface area contributed by atoms with E-state index in [1.807, 2.05) is 18.7 Å². The summed E-state index contributed by atoms with van der Waals surface area (Å²) in [5.74, 6) is 0.440. The van der Waals surface area contributed by atoms with Crippen molar-refractivity contribution >= 4 is 11.8 Å². The number of nitrogens with zero attached hydrogens (tertiary/aromatic N) is 2. The molecule has 0 aromatic heterocycles. The predicted octanol–water partition coefficient (Wildman–Crippen LogP) is 2.32. The Balaban J connectivity index is 1.62. The normalized spacial score (nSPS) is 31.4. The van der Waals surface area contributed by atoms with Crippen LogP contribution in [0.15, 0.2) is 11.8 Å². The van der Waals surface area contributed by atoms with Crippen LogP contribution in [0.25, 0.3) is 0 Å². The molecular weight excluding hydrogens is 292 g/mol. The highest BCUT2D eigenvalue weighted by Crippen LogP contribution is 2.35. The Morgan fingerprint density at radius 2 is 1.83 bits per heavy atom. The van der Waals surface area contributed by atoms with Crippen LogP contribution in [0.1, 0.15) is 52.4 Å². The smallest absolute Gasteiger partial charge is 0.236 e. The molecule has 0 aromatic carbocycles. The molecule has 1 aliphatic carbocycles. The fraction of sp³-hybridized carbons (Fsp3) is 0.778. The maximum absolute atomic E-state index is 12.7.